The summed E-state index contributed by atoms with van der Waals surface area (Å²) >= 11 is 0. The van der Waals surface area contributed by atoms with Gasteiger partial charge in [0, 0.05) is 5.41 Å². The molecule has 0 bridgehead atoms. The van der Waals surface area contributed by atoms with E-state index in [9.17, 15) is 0 Å². The Bertz CT molecular complexity index is 917. The largest absolute Gasteiger partial charge is 0.0996 e. The summed E-state index contributed by atoms with van der Waals surface area (Å²) in [5, 5.41) is 0. The van der Waals surface area contributed by atoms with Gasteiger partial charge in [0.15, 0.2) is 0 Å². The quantitative estimate of drug-likeness (QED) is 0.429. The maximum absolute atomic E-state index is 4.47. The van der Waals surface area contributed by atoms with Crippen molar-refractivity contribution in [2.75, 3.05) is 0 Å². The van der Waals surface area contributed by atoms with Crippen LogP contribution in [-0.4, -0.2) is 0 Å². The van der Waals surface area contributed by atoms with Crippen molar-refractivity contribution in [2.45, 2.75) is 60.8 Å². The Morgan fingerprint density at radius 2 is 1.26 bits per heavy atom. The fourth-order valence-electron chi connectivity index (χ4n) is 3.89. The van der Waals surface area contributed by atoms with E-state index in [0.29, 0.717) is 0 Å². The van der Waals surface area contributed by atoms with Gasteiger partial charge in [0.25, 0.3) is 0 Å². The summed E-state index contributed by atoms with van der Waals surface area (Å²) < 4.78 is 0. The molecule has 0 aromatic heterocycles. The first-order valence-electron chi connectivity index (χ1n) is 11.6. The SMILES string of the molecule is C=C(c1ccc(Cc2ccc(C)cc2)cc1)C1(C)/C=C\CC(C)(C(=C)C)C/C=C\1.CC. The fourth-order valence-corrected chi connectivity index (χ4v) is 3.89. The third-order valence-electron chi connectivity index (χ3n) is 6.58. The molecule has 0 saturated carbocycles. The van der Waals surface area contributed by atoms with Crippen LogP contribution in [0.15, 0.2) is 91.6 Å². The highest BCUT2D eigenvalue weighted by Gasteiger charge is 2.28. The molecule has 1 aliphatic rings. The lowest BCUT2D eigenvalue weighted by Crippen LogP contribution is -2.19. The maximum Gasteiger partial charge on any atom is 0.0283 e. The number of benzene rings is 2. The van der Waals surface area contributed by atoms with Crippen LogP contribution < -0.4 is 0 Å². The Labute approximate surface area is 191 Å². The van der Waals surface area contributed by atoms with Crippen molar-refractivity contribution in [2.24, 2.45) is 10.8 Å². The molecule has 0 N–H and O–H groups in total. The number of rotatable bonds is 5. The lowest BCUT2D eigenvalue weighted by Gasteiger charge is -2.33. The van der Waals surface area contributed by atoms with Gasteiger partial charge in [-0.05, 0) is 67.7 Å². The van der Waals surface area contributed by atoms with Crippen LogP contribution in [-0.2, 0) is 6.42 Å². The third-order valence-corrected chi connectivity index (χ3v) is 6.58. The van der Waals surface area contributed by atoms with Gasteiger partial charge in [0.2, 0.25) is 0 Å². The lowest BCUT2D eigenvalue weighted by atomic mass is 9.72. The minimum Gasteiger partial charge on any atom is -0.0996 e. The molecule has 1 aliphatic carbocycles. The van der Waals surface area contributed by atoms with Gasteiger partial charge in [-0.25, -0.2) is 0 Å². The van der Waals surface area contributed by atoms with Crippen molar-refractivity contribution in [3.05, 3.63) is 114 Å². The molecule has 0 saturated heterocycles. The van der Waals surface area contributed by atoms with Crippen LogP contribution in [0.5, 0.6) is 0 Å². The zero-order chi connectivity index (χ0) is 23.1. The van der Waals surface area contributed by atoms with Crippen LogP contribution in [0, 0.1) is 17.8 Å². The summed E-state index contributed by atoms with van der Waals surface area (Å²) in [5.41, 5.74) is 7.57. The molecule has 3 rings (SSSR count). The summed E-state index contributed by atoms with van der Waals surface area (Å²) in [7, 11) is 0. The van der Waals surface area contributed by atoms with E-state index >= 15 is 0 Å². The molecule has 0 radical (unpaired) electrons. The van der Waals surface area contributed by atoms with Crippen LogP contribution in [0.4, 0.5) is 0 Å². The van der Waals surface area contributed by atoms with E-state index in [4.69, 9.17) is 0 Å². The Morgan fingerprint density at radius 1 is 0.806 bits per heavy atom. The molecule has 0 unspecified atom stereocenters. The van der Waals surface area contributed by atoms with Crippen LogP contribution in [0.25, 0.3) is 5.57 Å². The second-order valence-corrected chi connectivity index (χ2v) is 9.17. The fraction of sp³-hybridized carbons (Fsp3) is 0.355. The maximum atomic E-state index is 4.47. The molecule has 0 fully saturated rings. The topological polar surface area (TPSA) is 0 Å². The first-order valence-corrected chi connectivity index (χ1v) is 11.6. The van der Waals surface area contributed by atoms with Crippen molar-refractivity contribution in [1.82, 2.24) is 0 Å². The van der Waals surface area contributed by atoms with Gasteiger partial charge >= 0.3 is 0 Å². The Balaban J connectivity index is 0.00000166. The molecule has 0 spiro atoms. The average molecular weight is 413 g/mol. The molecule has 0 amide bonds. The van der Waals surface area contributed by atoms with E-state index in [2.05, 4.69) is 114 Å². The molecule has 0 atom stereocenters. The van der Waals surface area contributed by atoms with Crippen LogP contribution in [0.2, 0.25) is 0 Å². The molecule has 0 heterocycles. The summed E-state index contributed by atoms with van der Waals surface area (Å²) in [4.78, 5) is 0. The van der Waals surface area contributed by atoms with E-state index in [0.717, 1.165) is 24.8 Å². The van der Waals surface area contributed by atoms with Crippen molar-refractivity contribution in [3.63, 3.8) is 0 Å². The van der Waals surface area contributed by atoms with Gasteiger partial charge in [-0.15, -0.1) is 0 Å². The van der Waals surface area contributed by atoms with E-state index in [1.807, 2.05) is 13.8 Å². The molecule has 31 heavy (non-hydrogen) atoms. The predicted octanol–water partition coefficient (Wildman–Crippen LogP) is 9.12. The number of hydrogen-bond donors (Lipinski definition) is 0. The predicted molar refractivity (Wildman–Crippen MR) is 139 cm³/mol. The standard InChI is InChI=1S/C29H34.C2H6/c1-22(2)28(5)17-7-19-29(6,20-8-18-28)24(4)27-15-13-26(14-16-27)21-25-11-9-23(3)10-12-25;1-2/h7-16,19-20H,1,4,17-18,21H2,2-3,5-6H3;1-2H3/b19-7-,20-8-;. The van der Waals surface area contributed by atoms with E-state index in [1.165, 1.54) is 27.8 Å². The zero-order valence-corrected chi connectivity index (χ0v) is 20.5. The van der Waals surface area contributed by atoms with Crippen LogP contribution >= 0.6 is 0 Å². The Hall–Kier alpha value is -2.60. The normalized spacial score (nSPS) is 24.7. The van der Waals surface area contributed by atoms with E-state index in [-0.39, 0.29) is 10.8 Å². The highest BCUT2D eigenvalue weighted by molar-refractivity contribution is 5.72. The molecule has 2 aromatic carbocycles. The molecular formula is C31H40. The average Bonchev–Trinajstić information content (AvgIpc) is 2.75. The number of hydrogen-bond acceptors (Lipinski definition) is 0. The minimum absolute atomic E-state index is 0.146. The summed E-state index contributed by atoms with van der Waals surface area (Å²) in [6.45, 7) is 21.5. The molecule has 0 aliphatic heterocycles. The highest BCUT2D eigenvalue weighted by atomic mass is 14.3. The lowest BCUT2D eigenvalue weighted by molar-refractivity contribution is 0.404. The minimum atomic E-state index is -0.158. The van der Waals surface area contributed by atoms with Gasteiger partial charge in [0.1, 0.15) is 0 Å². The second-order valence-electron chi connectivity index (χ2n) is 9.17. The van der Waals surface area contributed by atoms with Gasteiger partial charge in [0.05, 0.1) is 0 Å². The van der Waals surface area contributed by atoms with Crippen molar-refractivity contribution in [3.8, 4) is 0 Å². The molecule has 0 nitrogen and oxygen atoms in total. The summed E-state index contributed by atoms with van der Waals surface area (Å²) in [6, 6.07) is 17.7. The Morgan fingerprint density at radius 3 is 1.71 bits per heavy atom. The smallest absolute Gasteiger partial charge is 0.0283 e. The third kappa shape index (κ3) is 6.20. The summed E-state index contributed by atoms with van der Waals surface area (Å²) in [6.07, 6.45) is 12.3. The van der Waals surface area contributed by atoms with Crippen LogP contribution in [0.3, 0.4) is 0 Å². The number of allylic oxidation sites excluding steroid dienone is 6. The zero-order valence-electron chi connectivity index (χ0n) is 20.5. The monoisotopic (exact) mass is 412 g/mol. The first-order chi connectivity index (χ1) is 14.7. The molecule has 164 valence electrons. The van der Waals surface area contributed by atoms with Crippen molar-refractivity contribution < 1.29 is 0 Å². The Kier molecular flexibility index (Phi) is 8.45. The van der Waals surface area contributed by atoms with Crippen LogP contribution in [0.1, 0.15) is 69.7 Å². The van der Waals surface area contributed by atoms with Crippen molar-refractivity contribution >= 4 is 5.57 Å². The first kappa shape index (κ1) is 24.7. The van der Waals surface area contributed by atoms with Gasteiger partial charge < -0.3 is 0 Å². The molecular weight excluding hydrogens is 372 g/mol. The van der Waals surface area contributed by atoms with Gasteiger partial charge in [-0.1, -0.05) is 118 Å². The second kappa shape index (κ2) is 10.6. The van der Waals surface area contributed by atoms with Crippen molar-refractivity contribution in [1.29, 1.82) is 0 Å². The summed E-state index contributed by atoms with van der Waals surface area (Å²) in [5.74, 6) is 0. The molecule has 2 aromatic rings. The van der Waals surface area contributed by atoms with E-state index in [1.54, 1.807) is 0 Å². The molecule has 0 heteroatoms. The van der Waals surface area contributed by atoms with E-state index < -0.39 is 0 Å². The highest BCUT2D eigenvalue weighted by Crippen LogP contribution is 2.42. The van der Waals surface area contributed by atoms with Gasteiger partial charge in [-0.3, -0.25) is 0 Å². The number of aryl methyl sites for hydroxylation is 1. The van der Waals surface area contributed by atoms with Gasteiger partial charge in [-0.2, -0.15) is 0 Å².